The van der Waals surface area contributed by atoms with Crippen LogP contribution in [0.5, 0.6) is 0 Å². The minimum atomic E-state index is -0.877. The SMILES string of the molecule is CC(C)C(=O)OC(C)(C)CN1CCC(CNC(=O)N2C(=O)C(C)(C)c3ccc(F)cc32)CC1. The molecule has 0 atom stereocenters. The number of esters is 1. The quantitative estimate of drug-likeness (QED) is 0.651. The topological polar surface area (TPSA) is 79.0 Å². The number of likely N-dealkylation sites (tertiary alicyclic amines) is 1. The Morgan fingerprint density at radius 1 is 1.24 bits per heavy atom. The van der Waals surface area contributed by atoms with Crippen LogP contribution in [0.15, 0.2) is 18.2 Å². The second kappa shape index (κ2) is 9.41. The van der Waals surface area contributed by atoms with Gasteiger partial charge in [-0.1, -0.05) is 19.9 Å². The second-order valence-electron chi connectivity index (χ2n) is 10.7. The van der Waals surface area contributed by atoms with Crippen LogP contribution in [-0.2, 0) is 19.7 Å². The van der Waals surface area contributed by atoms with E-state index in [4.69, 9.17) is 4.74 Å². The van der Waals surface area contributed by atoms with Crippen molar-refractivity contribution in [2.75, 3.05) is 31.1 Å². The minimum Gasteiger partial charge on any atom is -0.458 e. The van der Waals surface area contributed by atoms with Crippen molar-refractivity contribution in [3.8, 4) is 0 Å². The van der Waals surface area contributed by atoms with Crippen molar-refractivity contribution in [1.82, 2.24) is 10.2 Å². The first-order chi connectivity index (χ1) is 15.3. The molecule has 7 nitrogen and oxygen atoms in total. The fourth-order valence-electron chi connectivity index (χ4n) is 4.54. The number of carbonyl (C=O) groups excluding carboxylic acids is 3. The van der Waals surface area contributed by atoms with Crippen LogP contribution in [-0.4, -0.2) is 54.6 Å². The number of anilines is 1. The molecule has 33 heavy (non-hydrogen) atoms. The normalized spacial score (nSPS) is 19.0. The van der Waals surface area contributed by atoms with Gasteiger partial charge in [-0.25, -0.2) is 14.1 Å². The summed E-state index contributed by atoms with van der Waals surface area (Å²) in [6, 6.07) is 3.62. The number of urea groups is 1. The van der Waals surface area contributed by atoms with Crippen LogP contribution < -0.4 is 10.2 Å². The zero-order chi connectivity index (χ0) is 24.6. The monoisotopic (exact) mass is 461 g/mol. The number of piperidine rings is 1. The lowest BCUT2D eigenvalue weighted by atomic mass is 9.86. The first kappa shape index (κ1) is 25.1. The lowest BCUT2D eigenvalue weighted by Crippen LogP contribution is -2.49. The number of ether oxygens (including phenoxy) is 1. The average molecular weight is 462 g/mol. The Balaban J connectivity index is 1.52. The van der Waals surface area contributed by atoms with Crippen molar-refractivity contribution in [3.05, 3.63) is 29.6 Å². The van der Waals surface area contributed by atoms with Crippen LogP contribution in [0.3, 0.4) is 0 Å². The molecule has 0 spiro atoms. The molecule has 2 heterocycles. The molecule has 1 N–H and O–H groups in total. The summed E-state index contributed by atoms with van der Waals surface area (Å²) >= 11 is 0. The molecule has 1 saturated heterocycles. The maximum Gasteiger partial charge on any atom is 0.328 e. The van der Waals surface area contributed by atoms with Crippen molar-refractivity contribution in [1.29, 1.82) is 0 Å². The van der Waals surface area contributed by atoms with Crippen LogP contribution in [0.25, 0.3) is 0 Å². The largest absolute Gasteiger partial charge is 0.458 e. The number of benzene rings is 1. The van der Waals surface area contributed by atoms with Gasteiger partial charge in [0.1, 0.15) is 11.4 Å². The Morgan fingerprint density at radius 3 is 2.48 bits per heavy atom. The highest BCUT2D eigenvalue weighted by atomic mass is 19.1. The summed E-state index contributed by atoms with van der Waals surface area (Å²) < 4.78 is 19.4. The molecule has 0 aliphatic carbocycles. The Morgan fingerprint density at radius 2 is 1.88 bits per heavy atom. The molecule has 0 radical (unpaired) electrons. The highest BCUT2D eigenvalue weighted by Crippen LogP contribution is 2.41. The van der Waals surface area contributed by atoms with Crippen molar-refractivity contribution in [3.63, 3.8) is 0 Å². The minimum absolute atomic E-state index is 0.157. The standard InChI is InChI=1S/C25H36FN3O4/c1-16(2)21(30)33-24(3,4)15-28-11-9-17(10-12-28)14-27-23(32)29-20-13-18(26)7-8-19(20)25(5,6)22(29)31/h7-8,13,16-17H,9-12,14-15H2,1-6H3,(H,27,32). The van der Waals surface area contributed by atoms with Crippen molar-refractivity contribution >= 4 is 23.6 Å². The zero-order valence-corrected chi connectivity index (χ0v) is 20.5. The summed E-state index contributed by atoms with van der Waals surface area (Å²) in [4.78, 5) is 41.0. The van der Waals surface area contributed by atoms with Gasteiger partial charge in [-0.3, -0.25) is 14.5 Å². The molecule has 0 aromatic heterocycles. The number of nitrogens with one attached hydrogen (secondary N) is 1. The summed E-state index contributed by atoms with van der Waals surface area (Å²) in [5, 5.41) is 2.88. The smallest absolute Gasteiger partial charge is 0.328 e. The summed E-state index contributed by atoms with van der Waals surface area (Å²) in [6.45, 7) is 13.8. The Labute approximate surface area is 195 Å². The number of carbonyl (C=O) groups is 3. The van der Waals surface area contributed by atoms with E-state index in [9.17, 15) is 18.8 Å². The maximum absolute atomic E-state index is 13.8. The van der Waals surface area contributed by atoms with E-state index >= 15 is 0 Å². The van der Waals surface area contributed by atoms with Gasteiger partial charge in [0.15, 0.2) is 0 Å². The number of halogens is 1. The molecule has 0 bridgehead atoms. The number of nitrogens with zero attached hydrogens (tertiary/aromatic N) is 2. The summed E-state index contributed by atoms with van der Waals surface area (Å²) in [7, 11) is 0. The molecule has 2 aliphatic heterocycles. The zero-order valence-electron chi connectivity index (χ0n) is 20.5. The van der Waals surface area contributed by atoms with Gasteiger partial charge in [0.2, 0.25) is 5.91 Å². The van der Waals surface area contributed by atoms with Gasteiger partial charge in [0.25, 0.3) is 0 Å². The van der Waals surface area contributed by atoms with Gasteiger partial charge in [-0.05, 0) is 77.2 Å². The van der Waals surface area contributed by atoms with E-state index in [1.165, 1.54) is 12.1 Å². The van der Waals surface area contributed by atoms with E-state index in [1.807, 2.05) is 27.7 Å². The molecular weight excluding hydrogens is 425 g/mol. The molecule has 3 amide bonds. The average Bonchev–Trinajstić information content (AvgIpc) is 2.91. The van der Waals surface area contributed by atoms with Gasteiger partial charge in [0.05, 0.1) is 17.0 Å². The van der Waals surface area contributed by atoms with Crippen LogP contribution in [0.1, 0.15) is 59.9 Å². The molecule has 0 saturated carbocycles. The van der Waals surface area contributed by atoms with Crippen molar-refractivity contribution in [2.24, 2.45) is 11.8 Å². The third-order valence-corrected chi connectivity index (χ3v) is 6.52. The van der Waals surface area contributed by atoms with Gasteiger partial charge in [-0.2, -0.15) is 0 Å². The second-order valence-corrected chi connectivity index (χ2v) is 10.7. The fraction of sp³-hybridized carbons (Fsp3) is 0.640. The van der Waals surface area contributed by atoms with E-state index in [-0.39, 0.29) is 23.7 Å². The highest BCUT2D eigenvalue weighted by Gasteiger charge is 2.46. The molecule has 1 fully saturated rings. The Kier molecular flexibility index (Phi) is 7.17. The molecule has 3 rings (SSSR count). The third-order valence-electron chi connectivity index (χ3n) is 6.52. The first-order valence-corrected chi connectivity index (χ1v) is 11.7. The first-order valence-electron chi connectivity index (χ1n) is 11.7. The fourth-order valence-corrected chi connectivity index (χ4v) is 4.54. The van der Waals surface area contributed by atoms with Gasteiger partial charge in [-0.15, -0.1) is 0 Å². The molecule has 1 aromatic rings. The molecule has 2 aliphatic rings. The summed E-state index contributed by atoms with van der Waals surface area (Å²) in [6.07, 6.45) is 1.78. The molecule has 8 heteroatoms. The third kappa shape index (κ3) is 5.54. The Bertz CT molecular complexity index is 920. The lowest BCUT2D eigenvalue weighted by molar-refractivity contribution is -0.162. The molecular formula is C25H36FN3O4. The van der Waals surface area contributed by atoms with Crippen LogP contribution >= 0.6 is 0 Å². The maximum atomic E-state index is 13.8. The van der Waals surface area contributed by atoms with Crippen LogP contribution in [0, 0.1) is 17.7 Å². The number of amides is 3. The number of imide groups is 1. The van der Waals surface area contributed by atoms with Crippen LogP contribution in [0.2, 0.25) is 0 Å². The lowest BCUT2D eigenvalue weighted by Gasteiger charge is -2.37. The van der Waals surface area contributed by atoms with E-state index in [0.717, 1.165) is 30.8 Å². The predicted octanol–water partition coefficient (Wildman–Crippen LogP) is 3.85. The van der Waals surface area contributed by atoms with E-state index in [0.29, 0.717) is 24.3 Å². The van der Waals surface area contributed by atoms with E-state index in [1.54, 1.807) is 19.9 Å². The van der Waals surface area contributed by atoms with Crippen molar-refractivity contribution < 1.29 is 23.5 Å². The van der Waals surface area contributed by atoms with Crippen LogP contribution in [0.4, 0.5) is 14.9 Å². The van der Waals surface area contributed by atoms with E-state index < -0.39 is 22.9 Å². The van der Waals surface area contributed by atoms with Gasteiger partial charge in [0, 0.05) is 13.1 Å². The van der Waals surface area contributed by atoms with Gasteiger partial charge >= 0.3 is 12.0 Å². The molecule has 182 valence electrons. The van der Waals surface area contributed by atoms with E-state index in [2.05, 4.69) is 10.2 Å². The predicted molar refractivity (Wildman–Crippen MR) is 124 cm³/mol. The number of rotatable bonds is 6. The summed E-state index contributed by atoms with van der Waals surface area (Å²) in [5.41, 5.74) is -0.473. The number of hydrogen-bond acceptors (Lipinski definition) is 5. The van der Waals surface area contributed by atoms with Crippen molar-refractivity contribution in [2.45, 2.75) is 65.4 Å². The highest BCUT2D eigenvalue weighted by molar-refractivity contribution is 6.22. The molecule has 1 aromatic carbocycles. The summed E-state index contributed by atoms with van der Waals surface area (Å²) in [5.74, 6) is -0.905. The van der Waals surface area contributed by atoms with Gasteiger partial charge < -0.3 is 10.1 Å². The Hall–Kier alpha value is -2.48. The molecule has 0 unspecified atom stereocenters. The number of fused-ring (bicyclic) bond motifs is 1. The number of hydrogen-bond donors (Lipinski definition) is 1.